The Bertz CT molecular complexity index is 1380. The van der Waals surface area contributed by atoms with Crippen LogP contribution in [-0.4, -0.2) is 24.5 Å². The van der Waals surface area contributed by atoms with Crippen LogP contribution in [-0.2, 0) is 23.3 Å². The second-order valence-corrected chi connectivity index (χ2v) is 8.90. The maximum Gasteiger partial charge on any atom is 0.239 e. The first-order chi connectivity index (χ1) is 15.1. The molecule has 1 aliphatic heterocycles. The predicted octanol–water partition coefficient (Wildman–Crippen LogP) is 4.81. The van der Waals surface area contributed by atoms with E-state index in [0.717, 1.165) is 52.8 Å². The summed E-state index contributed by atoms with van der Waals surface area (Å²) in [6.07, 6.45) is 1.71. The molecular weight excluding hydrogens is 404 g/mol. The maximum absolute atomic E-state index is 12.7. The number of hydrogen-bond donors (Lipinski definition) is 0. The van der Waals surface area contributed by atoms with Gasteiger partial charge in [-0.05, 0) is 49.6 Å². The molecule has 0 amide bonds. The van der Waals surface area contributed by atoms with Gasteiger partial charge in [0.05, 0.1) is 0 Å². The lowest BCUT2D eigenvalue weighted by Crippen LogP contribution is -2.32. The van der Waals surface area contributed by atoms with Gasteiger partial charge in [-0.25, -0.2) is 0 Å². The molecule has 0 radical (unpaired) electrons. The van der Waals surface area contributed by atoms with Crippen LogP contribution in [0.1, 0.15) is 28.8 Å². The summed E-state index contributed by atoms with van der Waals surface area (Å²) in [6.45, 7) is 3.44. The van der Waals surface area contributed by atoms with Crippen molar-refractivity contribution in [3.63, 3.8) is 0 Å². The van der Waals surface area contributed by atoms with Crippen molar-refractivity contribution in [3.8, 4) is 0 Å². The van der Waals surface area contributed by atoms with Crippen molar-refractivity contribution in [1.29, 1.82) is 0 Å². The topological polar surface area (TPSA) is 42.3 Å². The SMILES string of the molecule is Cc1ccc2c(c1)c1c(n2Cc2ccccc2)CCCN(c2ccccc2)C1=S(=O)=O. The zero-order chi connectivity index (χ0) is 21.4. The summed E-state index contributed by atoms with van der Waals surface area (Å²) in [5, 5.41) is 1.01. The van der Waals surface area contributed by atoms with Gasteiger partial charge in [-0.15, -0.1) is 0 Å². The van der Waals surface area contributed by atoms with E-state index in [2.05, 4.69) is 41.8 Å². The first kappa shape index (κ1) is 19.6. The van der Waals surface area contributed by atoms with E-state index >= 15 is 0 Å². The average Bonchev–Trinajstić information content (AvgIpc) is 2.94. The molecule has 156 valence electrons. The van der Waals surface area contributed by atoms with Gasteiger partial charge in [-0.1, -0.05) is 60.2 Å². The Morgan fingerprint density at radius 3 is 2.32 bits per heavy atom. The molecule has 4 aromatic rings. The number of para-hydroxylation sites is 1. The molecule has 5 rings (SSSR count). The van der Waals surface area contributed by atoms with Crippen LogP contribution in [0.5, 0.6) is 0 Å². The molecule has 0 N–H and O–H groups in total. The van der Waals surface area contributed by atoms with E-state index in [9.17, 15) is 8.42 Å². The van der Waals surface area contributed by atoms with Gasteiger partial charge in [0.1, 0.15) is 0 Å². The summed E-state index contributed by atoms with van der Waals surface area (Å²) < 4.78 is 27.6. The highest BCUT2D eigenvalue weighted by molar-refractivity contribution is 7.73. The second kappa shape index (κ2) is 8.08. The third-order valence-electron chi connectivity index (χ3n) is 5.99. The molecule has 0 atom stereocenters. The van der Waals surface area contributed by atoms with E-state index in [1.54, 1.807) is 0 Å². The van der Waals surface area contributed by atoms with Gasteiger partial charge in [0.15, 0.2) is 4.99 Å². The smallest absolute Gasteiger partial charge is 0.239 e. The molecule has 2 heterocycles. The molecule has 3 aromatic carbocycles. The number of rotatable bonds is 3. The molecule has 1 aliphatic rings. The Balaban J connectivity index is 1.79. The van der Waals surface area contributed by atoms with E-state index in [0.29, 0.717) is 11.5 Å². The van der Waals surface area contributed by atoms with Gasteiger partial charge in [-0.2, -0.15) is 8.42 Å². The molecule has 1 aromatic heterocycles. The van der Waals surface area contributed by atoms with Crippen LogP contribution in [0.2, 0.25) is 0 Å². The van der Waals surface area contributed by atoms with E-state index in [4.69, 9.17) is 0 Å². The summed E-state index contributed by atoms with van der Waals surface area (Å²) in [4.78, 5) is 2.34. The summed E-state index contributed by atoms with van der Waals surface area (Å²) in [5.74, 6) is 0. The van der Waals surface area contributed by atoms with E-state index in [-0.39, 0.29) is 0 Å². The minimum atomic E-state index is -2.37. The molecular formula is C26H24N2O2S. The number of benzene rings is 3. The van der Waals surface area contributed by atoms with Crippen molar-refractivity contribution >= 4 is 31.9 Å². The predicted molar refractivity (Wildman–Crippen MR) is 127 cm³/mol. The minimum absolute atomic E-state index is 0.376. The number of aromatic nitrogens is 1. The fourth-order valence-corrected chi connectivity index (χ4v) is 5.41. The summed E-state index contributed by atoms with van der Waals surface area (Å²) in [7, 11) is -2.37. The Kier molecular flexibility index (Phi) is 5.12. The molecule has 0 aliphatic carbocycles. The quantitative estimate of drug-likeness (QED) is 0.440. The van der Waals surface area contributed by atoms with Gasteiger partial charge in [-0.3, -0.25) is 0 Å². The third kappa shape index (κ3) is 3.55. The molecule has 5 heteroatoms. The highest BCUT2D eigenvalue weighted by Crippen LogP contribution is 2.33. The monoisotopic (exact) mass is 428 g/mol. The van der Waals surface area contributed by atoms with Crippen molar-refractivity contribution in [2.45, 2.75) is 26.3 Å². The zero-order valence-corrected chi connectivity index (χ0v) is 18.3. The highest BCUT2D eigenvalue weighted by Gasteiger charge is 2.29. The Morgan fingerprint density at radius 2 is 1.61 bits per heavy atom. The third-order valence-corrected chi connectivity index (χ3v) is 6.73. The molecule has 0 saturated carbocycles. The number of hydrogen-bond acceptors (Lipinski definition) is 2. The first-order valence-electron chi connectivity index (χ1n) is 10.6. The van der Waals surface area contributed by atoms with Gasteiger partial charge in [0, 0.05) is 40.9 Å². The Hall–Kier alpha value is -3.31. The van der Waals surface area contributed by atoms with Gasteiger partial charge < -0.3 is 9.47 Å². The number of fused-ring (bicyclic) bond motifs is 3. The molecule has 0 fully saturated rings. The number of nitrogens with zero attached hydrogens (tertiary/aromatic N) is 2. The molecule has 31 heavy (non-hydrogen) atoms. The lowest BCUT2D eigenvalue weighted by atomic mass is 10.1. The van der Waals surface area contributed by atoms with Crippen LogP contribution in [0.15, 0.2) is 78.9 Å². The highest BCUT2D eigenvalue weighted by atomic mass is 32.2. The molecule has 0 bridgehead atoms. The zero-order valence-electron chi connectivity index (χ0n) is 17.5. The van der Waals surface area contributed by atoms with Crippen LogP contribution in [0, 0.1) is 6.92 Å². The second-order valence-electron chi connectivity index (χ2n) is 8.04. The number of aryl methyl sites for hydroxylation is 1. The van der Waals surface area contributed by atoms with Crippen LogP contribution >= 0.6 is 0 Å². The Labute approximate surface area is 183 Å². The van der Waals surface area contributed by atoms with Crippen molar-refractivity contribution in [2.24, 2.45) is 0 Å². The van der Waals surface area contributed by atoms with E-state index in [1.165, 1.54) is 5.56 Å². The summed E-state index contributed by atoms with van der Waals surface area (Å²) in [5.41, 5.74) is 6.27. The van der Waals surface area contributed by atoms with Crippen molar-refractivity contribution < 1.29 is 8.42 Å². The van der Waals surface area contributed by atoms with Crippen LogP contribution in [0.4, 0.5) is 5.69 Å². The van der Waals surface area contributed by atoms with Crippen molar-refractivity contribution in [1.82, 2.24) is 4.57 Å². The molecule has 0 saturated heterocycles. The van der Waals surface area contributed by atoms with Crippen LogP contribution < -0.4 is 4.90 Å². The fraction of sp³-hybridized carbons (Fsp3) is 0.192. The summed E-state index contributed by atoms with van der Waals surface area (Å²) >= 11 is 0. The largest absolute Gasteiger partial charge is 0.339 e. The van der Waals surface area contributed by atoms with Crippen molar-refractivity contribution in [2.75, 3.05) is 11.4 Å². The maximum atomic E-state index is 12.7. The van der Waals surface area contributed by atoms with Gasteiger partial charge >= 0.3 is 0 Å². The Morgan fingerprint density at radius 1 is 0.903 bits per heavy atom. The van der Waals surface area contributed by atoms with E-state index < -0.39 is 10.3 Å². The van der Waals surface area contributed by atoms with Gasteiger partial charge in [0.2, 0.25) is 10.3 Å². The standard InChI is InChI=1S/C26H24N2O2S/c1-19-14-15-23-22(17-19)25-24(28(23)18-20-9-4-2-5-10-20)13-8-16-27(26(25)31(29)30)21-11-6-3-7-12-21/h2-7,9-12,14-15,17H,8,13,16,18H2,1H3. The first-order valence-corrected chi connectivity index (χ1v) is 11.7. The minimum Gasteiger partial charge on any atom is -0.339 e. The normalized spacial score (nSPS) is 13.8. The van der Waals surface area contributed by atoms with Gasteiger partial charge in [0.25, 0.3) is 0 Å². The fourth-order valence-electron chi connectivity index (χ4n) is 4.64. The van der Waals surface area contributed by atoms with Crippen molar-refractivity contribution in [3.05, 3.63) is 101 Å². The van der Waals surface area contributed by atoms with Crippen LogP contribution in [0.25, 0.3) is 10.9 Å². The lowest BCUT2D eigenvalue weighted by Gasteiger charge is -2.23. The van der Waals surface area contributed by atoms with E-state index in [1.807, 2.05) is 53.4 Å². The average molecular weight is 429 g/mol. The molecule has 0 spiro atoms. The summed E-state index contributed by atoms with van der Waals surface area (Å²) in [6, 6.07) is 26.5. The molecule has 0 unspecified atom stereocenters. The molecule has 4 nitrogen and oxygen atoms in total. The lowest BCUT2D eigenvalue weighted by molar-refractivity contribution is 0.626. The number of anilines is 1. The van der Waals surface area contributed by atoms with Crippen LogP contribution in [0.3, 0.4) is 0 Å².